The first-order valence-electron chi connectivity index (χ1n) is 9.54. The first-order valence-corrected chi connectivity index (χ1v) is 9.54. The lowest BCUT2D eigenvalue weighted by Gasteiger charge is -2.63. The Morgan fingerprint density at radius 3 is 2.52 bits per heavy atom. The largest absolute Gasteiger partial charge is 0.481 e. The second-order valence-corrected chi connectivity index (χ2v) is 9.68. The summed E-state index contributed by atoms with van der Waals surface area (Å²) in [7, 11) is 0. The predicted octanol–water partition coefficient (Wildman–Crippen LogP) is 4.30. The molecule has 0 unspecified atom stereocenters. The Morgan fingerprint density at radius 1 is 1.04 bits per heavy atom. The molecule has 0 aromatic rings. The van der Waals surface area contributed by atoms with E-state index in [1.54, 1.807) is 0 Å². The minimum Gasteiger partial charge on any atom is -0.481 e. The van der Waals surface area contributed by atoms with Gasteiger partial charge in [0, 0.05) is 5.41 Å². The highest BCUT2D eigenvalue weighted by atomic mass is 16.4. The molecule has 7 atom stereocenters. The third kappa shape index (κ3) is 1.94. The van der Waals surface area contributed by atoms with Gasteiger partial charge < -0.3 is 9.90 Å². The van der Waals surface area contributed by atoms with Gasteiger partial charge in [-0.05, 0) is 80.0 Å². The van der Waals surface area contributed by atoms with Crippen molar-refractivity contribution in [1.29, 1.82) is 0 Å². The average molecular weight is 318 g/mol. The second-order valence-electron chi connectivity index (χ2n) is 9.68. The van der Waals surface area contributed by atoms with Gasteiger partial charge in [0.1, 0.15) is 6.29 Å². The standard InChI is InChI=1S/C20H30O3/c1-18(12-21)7-3-8-19(2)15(18)6-9-20-10-13(4-5-16(19)20)14(11-20)17(22)23/h12-16H,3-11H2,1-2H3,(H,22,23)/t13-,14-,15+,16-,18-,19+,20-/m0/s1. The molecule has 0 heterocycles. The molecule has 0 aromatic heterocycles. The van der Waals surface area contributed by atoms with Gasteiger partial charge in [-0.1, -0.05) is 20.3 Å². The van der Waals surface area contributed by atoms with Gasteiger partial charge in [0.15, 0.2) is 0 Å². The molecule has 1 N–H and O–H groups in total. The summed E-state index contributed by atoms with van der Waals surface area (Å²) in [5, 5.41) is 9.62. The normalized spacial score (nSPS) is 54.9. The van der Waals surface area contributed by atoms with E-state index in [9.17, 15) is 14.7 Å². The Hall–Kier alpha value is -0.860. The number of rotatable bonds is 2. The average Bonchev–Trinajstić information content (AvgIpc) is 2.78. The van der Waals surface area contributed by atoms with Crippen molar-refractivity contribution < 1.29 is 14.7 Å². The molecule has 3 nitrogen and oxygen atoms in total. The summed E-state index contributed by atoms with van der Waals surface area (Å²) in [4.78, 5) is 23.5. The molecular weight excluding hydrogens is 288 g/mol. The molecule has 4 aliphatic carbocycles. The molecule has 0 aromatic carbocycles. The molecule has 4 saturated carbocycles. The number of carbonyl (C=O) groups is 2. The van der Waals surface area contributed by atoms with Crippen LogP contribution in [0.15, 0.2) is 0 Å². The molecule has 2 bridgehead atoms. The number of fused-ring (bicyclic) bond motifs is 3. The fourth-order valence-corrected chi connectivity index (χ4v) is 7.92. The molecule has 0 radical (unpaired) electrons. The van der Waals surface area contributed by atoms with Crippen LogP contribution in [0, 0.1) is 39.9 Å². The fraction of sp³-hybridized carbons (Fsp3) is 0.900. The maximum atomic E-state index is 11.9. The van der Waals surface area contributed by atoms with Crippen molar-refractivity contribution in [1.82, 2.24) is 0 Å². The van der Waals surface area contributed by atoms with Crippen molar-refractivity contribution in [3.05, 3.63) is 0 Å². The van der Waals surface area contributed by atoms with Gasteiger partial charge in [-0.2, -0.15) is 0 Å². The summed E-state index contributed by atoms with van der Waals surface area (Å²) in [6.45, 7) is 4.62. The quantitative estimate of drug-likeness (QED) is 0.772. The molecule has 23 heavy (non-hydrogen) atoms. The highest BCUT2D eigenvalue weighted by molar-refractivity contribution is 5.71. The summed E-state index contributed by atoms with van der Waals surface area (Å²) in [5.74, 6) is 0.860. The van der Waals surface area contributed by atoms with Crippen molar-refractivity contribution in [2.75, 3.05) is 0 Å². The molecule has 4 rings (SSSR count). The lowest BCUT2D eigenvalue weighted by molar-refractivity contribution is -0.157. The first kappa shape index (κ1) is 15.7. The Balaban J connectivity index is 1.71. The molecule has 4 aliphatic rings. The van der Waals surface area contributed by atoms with Gasteiger partial charge in [0.05, 0.1) is 5.92 Å². The molecule has 1 spiro atoms. The van der Waals surface area contributed by atoms with Gasteiger partial charge in [0.25, 0.3) is 0 Å². The van der Waals surface area contributed by atoms with Gasteiger partial charge in [-0.15, -0.1) is 0 Å². The van der Waals surface area contributed by atoms with Crippen LogP contribution in [-0.4, -0.2) is 17.4 Å². The van der Waals surface area contributed by atoms with Crippen LogP contribution in [0.1, 0.15) is 71.6 Å². The lowest BCUT2D eigenvalue weighted by Crippen LogP contribution is -2.56. The van der Waals surface area contributed by atoms with Gasteiger partial charge in [-0.3, -0.25) is 4.79 Å². The maximum absolute atomic E-state index is 11.9. The number of carboxylic acids is 1. The number of hydrogen-bond acceptors (Lipinski definition) is 2. The highest BCUT2D eigenvalue weighted by Crippen LogP contribution is 2.72. The van der Waals surface area contributed by atoms with E-state index in [-0.39, 0.29) is 22.2 Å². The van der Waals surface area contributed by atoms with Crippen molar-refractivity contribution in [2.24, 2.45) is 39.9 Å². The molecule has 128 valence electrons. The Kier molecular flexibility index (Phi) is 3.29. The van der Waals surface area contributed by atoms with Crippen LogP contribution in [0.3, 0.4) is 0 Å². The monoisotopic (exact) mass is 318 g/mol. The minimum atomic E-state index is -0.568. The Morgan fingerprint density at radius 2 is 1.83 bits per heavy atom. The topological polar surface area (TPSA) is 54.4 Å². The number of aliphatic carboxylic acids is 1. The molecule has 0 saturated heterocycles. The molecule has 0 aliphatic heterocycles. The smallest absolute Gasteiger partial charge is 0.306 e. The van der Waals surface area contributed by atoms with Gasteiger partial charge in [-0.25, -0.2) is 0 Å². The first-order chi connectivity index (χ1) is 10.8. The van der Waals surface area contributed by atoms with Crippen LogP contribution in [0.2, 0.25) is 0 Å². The highest BCUT2D eigenvalue weighted by Gasteiger charge is 2.65. The lowest BCUT2D eigenvalue weighted by atomic mass is 9.41. The van der Waals surface area contributed by atoms with E-state index in [2.05, 4.69) is 13.8 Å². The van der Waals surface area contributed by atoms with E-state index in [1.807, 2.05) is 0 Å². The molecule has 4 fully saturated rings. The van der Waals surface area contributed by atoms with Crippen LogP contribution < -0.4 is 0 Å². The minimum absolute atomic E-state index is 0.110. The van der Waals surface area contributed by atoms with Crippen LogP contribution >= 0.6 is 0 Å². The fourth-order valence-electron chi connectivity index (χ4n) is 7.92. The molecule has 0 amide bonds. The predicted molar refractivity (Wildman–Crippen MR) is 87.9 cm³/mol. The summed E-state index contributed by atoms with van der Waals surface area (Å²) in [6.07, 6.45) is 11.3. The third-order valence-electron chi connectivity index (χ3n) is 8.77. The zero-order chi connectivity index (χ0) is 16.5. The van der Waals surface area contributed by atoms with E-state index >= 15 is 0 Å². The number of carboxylic acid groups (broad SMARTS) is 1. The number of aldehydes is 1. The SMILES string of the molecule is C[C@@]12CCC[C@@](C)(C=O)[C@H]1CC[C@@]13C[C@H](CC[C@H]12)[C@@H](C(=O)O)C3. The summed E-state index contributed by atoms with van der Waals surface area (Å²) < 4.78 is 0. The van der Waals surface area contributed by atoms with Crippen LogP contribution in [0.4, 0.5) is 0 Å². The van der Waals surface area contributed by atoms with E-state index in [0.29, 0.717) is 17.8 Å². The van der Waals surface area contributed by atoms with E-state index in [0.717, 1.165) is 44.9 Å². The Bertz CT molecular complexity index is 543. The zero-order valence-corrected chi connectivity index (χ0v) is 14.5. The van der Waals surface area contributed by atoms with Gasteiger partial charge in [0.2, 0.25) is 0 Å². The summed E-state index contributed by atoms with van der Waals surface area (Å²) >= 11 is 0. The third-order valence-corrected chi connectivity index (χ3v) is 8.77. The van der Waals surface area contributed by atoms with Crippen molar-refractivity contribution >= 4 is 12.3 Å². The zero-order valence-electron chi connectivity index (χ0n) is 14.5. The van der Waals surface area contributed by atoms with Crippen molar-refractivity contribution in [2.45, 2.75) is 71.6 Å². The van der Waals surface area contributed by atoms with E-state index in [4.69, 9.17) is 0 Å². The van der Waals surface area contributed by atoms with E-state index in [1.165, 1.54) is 19.1 Å². The number of carbonyl (C=O) groups excluding carboxylic acids is 1. The summed E-state index contributed by atoms with van der Waals surface area (Å²) in [5.41, 5.74) is 0.346. The van der Waals surface area contributed by atoms with Crippen LogP contribution in [0.5, 0.6) is 0 Å². The van der Waals surface area contributed by atoms with Crippen molar-refractivity contribution in [3.63, 3.8) is 0 Å². The van der Waals surface area contributed by atoms with Gasteiger partial charge >= 0.3 is 5.97 Å². The number of hydrogen-bond donors (Lipinski definition) is 1. The van der Waals surface area contributed by atoms with Crippen molar-refractivity contribution in [3.8, 4) is 0 Å². The molecular formula is C20H30O3. The van der Waals surface area contributed by atoms with Crippen LogP contribution in [0.25, 0.3) is 0 Å². The summed E-state index contributed by atoms with van der Waals surface area (Å²) in [6, 6.07) is 0. The Labute approximate surface area is 139 Å². The second kappa shape index (κ2) is 4.83. The van der Waals surface area contributed by atoms with Crippen LogP contribution in [-0.2, 0) is 9.59 Å². The maximum Gasteiger partial charge on any atom is 0.306 e. The molecule has 3 heteroatoms. The van der Waals surface area contributed by atoms with E-state index < -0.39 is 5.97 Å².